The molecular weight excluding hydrogens is 318 g/mol. The SMILES string of the molecule is Cc1cc(Br)cc(NC2CCSc3ccccc32)c1. The van der Waals surface area contributed by atoms with Crippen LogP contribution in [0.2, 0.25) is 0 Å². The van der Waals surface area contributed by atoms with Crippen LogP contribution in [-0.2, 0) is 0 Å². The van der Waals surface area contributed by atoms with Crippen LogP contribution in [0.4, 0.5) is 5.69 Å². The first-order chi connectivity index (χ1) is 9.22. The van der Waals surface area contributed by atoms with E-state index in [0.29, 0.717) is 6.04 Å². The van der Waals surface area contributed by atoms with Crippen LogP contribution in [0.1, 0.15) is 23.6 Å². The molecule has 2 aromatic rings. The van der Waals surface area contributed by atoms with E-state index in [1.54, 1.807) is 0 Å². The van der Waals surface area contributed by atoms with Gasteiger partial charge in [0.1, 0.15) is 0 Å². The first-order valence-corrected chi connectivity index (χ1v) is 8.26. The Bertz CT molecular complexity index is 577. The summed E-state index contributed by atoms with van der Waals surface area (Å²) in [4.78, 5) is 1.41. The fraction of sp³-hybridized carbons (Fsp3) is 0.250. The second-order valence-corrected chi connectivity index (χ2v) is 6.94. The summed E-state index contributed by atoms with van der Waals surface area (Å²) >= 11 is 5.53. The Kier molecular flexibility index (Phi) is 3.85. The van der Waals surface area contributed by atoms with Crippen LogP contribution in [0.25, 0.3) is 0 Å². The lowest BCUT2D eigenvalue weighted by Crippen LogP contribution is -2.16. The Labute approximate surface area is 126 Å². The van der Waals surface area contributed by atoms with Crippen molar-refractivity contribution in [2.45, 2.75) is 24.3 Å². The highest BCUT2D eigenvalue weighted by Crippen LogP contribution is 2.38. The van der Waals surface area contributed by atoms with E-state index in [9.17, 15) is 0 Å². The van der Waals surface area contributed by atoms with E-state index in [2.05, 4.69) is 70.6 Å². The highest BCUT2D eigenvalue weighted by molar-refractivity contribution is 9.10. The zero-order valence-electron chi connectivity index (χ0n) is 10.8. The average Bonchev–Trinajstić information content (AvgIpc) is 2.38. The Morgan fingerprint density at radius 3 is 2.89 bits per heavy atom. The van der Waals surface area contributed by atoms with Gasteiger partial charge in [-0.05, 0) is 48.7 Å². The third-order valence-corrected chi connectivity index (χ3v) is 4.92. The summed E-state index contributed by atoms with van der Waals surface area (Å²) in [5.41, 5.74) is 3.89. The molecule has 19 heavy (non-hydrogen) atoms. The molecule has 1 N–H and O–H groups in total. The fourth-order valence-electron chi connectivity index (χ4n) is 2.51. The molecule has 1 heterocycles. The van der Waals surface area contributed by atoms with Gasteiger partial charge >= 0.3 is 0 Å². The molecule has 3 rings (SSSR count). The Balaban J connectivity index is 1.88. The smallest absolute Gasteiger partial charge is 0.0532 e. The molecule has 1 atom stereocenters. The number of halogens is 1. The molecule has 0 spiro atoms. The van der Waals surface area contributed by atoms with Crippen LogP contribution in [-0.4, -0.2) is 5.75 Å². The number of fused-ring (bicyclic) bond motifs is 1. The van der Waals surface area contributed by atoms with Gasteiger partial charge < -0.3 is 5.32 Å². The summed E-state index contributed by atoms with van der Waals surface area (Å²) in [6.07, 6.45) is 1.17. The second kappa shape index (κ2) is 5.59. The van der Waals surface area contributed by atoms with Crippen molar-refractivity contribution in [3.05, 3.63) is 58.1 Å². The van der Waals surface area contributed by atoms with Gasteiger partial charge in [0, 0.05) is 20.8 Å². The minimum Gasteiger partial charge on any atom is -0.378 e. The number of aryl methyl sites for hydroxylation is 1. The van der Waals surface area contributed by atoms with Crippen LogP contribution in [0.5, 0.6) is 0 Å². The lowest BCUT2D eigenvalue weighted by atomic mass is 10.0. The number of rotatable bonds is 2. The topological polar surface area (TPSA) is 12.0 Å². The zero-order valence-corrected chi connectivity index (χ0v) is 13.2. The van der Waals surface area contributed by atoms with E-state index in [1.165, 1.54) is 33.9 Å². The molecule has 0 radical (unpaired) electrons. The van der Waals surface area contributed by atoms with Gasteiger partial charge in [-0.25, -0.2) is 0 Å². The molecule has 2 aromatic carbocycles. The number of hydrogen-bond donors (Lipinski definition) is 1. The summed E-state index contributed by atoms with van der Waals surface area (Å²) in [5.74, 6) is 1.18. The van der Waals surface area contributed by atoms with E-state index < -0.39 is 0 Å². The van der Waals surface area contributed by atoms with E-state index in [1.807, 2.05) is 11.8 Å². The molecule has 1 nitrogen and oxygen atoms in total. The Morgan fingerprint density at radius 2 is 2.05 bits per heavy atom. The number of benzene rings is 2. The number of thioether (sulfide) groups is 1. The van der Waals surface area contributed by atoms with Gasteiger partial charge in [-0.1, -0.05) is 34.1 Å². The summed E-state index contributed by atoms with van der Waals surface area (Å²) in [5, 5.41) is 3.68. The van der Waals surface area contributed by atoms with Crippen molar-refractivity contribution >= 4 is 33.4 Å². The molecule has 0 fully saturated rings. The standard InChI is InChI=1S/C16H16BrNS/c1-11-8-12(17)10-13(9-11)18-15-6-7-19-16-5-3-2-4-14(15)16/h2-5,8-10,15,18H,6-7H2,1H3. The van der Waals surface area contributed by atoms with Gasteiger partial charge in [0.2, 0.25) is 0 Å². The number of hydrogen-bond acceptors (Lipinski definition) is 2. The van der Waals surface area contributed by atoms with Gasteiger partial charge in [-0.15, -0.1) is 11.8 Å². The van der Waals surface area contributed by atoms with Crippen molar-refractivity contribution in [1.82, 2.24) is 0 Å². The van der Waals surface area contributed by atoms with Crippen molar-refractivity contribution in [1.29, 1.82) is 0 Å². The third kappa shape index (κ3) is 2.98. The molecule has 1 aliphatic rings. The molecule has 0 bridgehead atoms. The van der Waals surface area contributed by atoms with Crippen LogP contribution in [0.3, 0.4) is 0 Å². The highest BCUT2D eigenvalue weighted by atomic mass is 79.9. The van der Waals surface area contributed by atoms with Gasteiger partial charge in [0.25, 0.3) is 0 Å². The fourth-order valence-corrected chi connectivity index (χ4v) is 4.25. The van der Waals surface area contributed by atoms with Gasteiger partial charge in [0.05, 0.1) is 6.04 Å². The summed E-state index contributed by atoms with van der Waals surface area (Å²) in [6, 6.07) is 15.6. The molecule has 1 aliphatic heterocycles. The molecule has 0 aromatic heterocycles. The highest BCUT2D eigenvalue weighted by Gasteiger charge is 2.20. The minimum atomic E-state index is 0.422. The molecule has 98 valence electrons. The largest absolute Gasteiger partial charge is 0.378 e. The van der Waals surface area contributed by atoms with Crippen molar-refractivity contribution in [3.8, 4) is 0 Å². The molecule has 3 heteroatoms. The zero-order chi connectivity index (χ0) is 13.2. The first-order valence-electron chi connectivity index (χ1n) is 6.48. The van der Waals surface area contributed by atoms with E-state index >= 15 is 0 Å². The number of nitrogens with one attached hydrogen (secondary N) is 1. The maximum absolute atomic E-state index is 3.68. The second-order valence-electron chi connectivity index (χ2n) is 4.89. The normalized spacial score (nSPS) is 17.9. The van der Waals surface area contributed by atoms with E-state index in [-0.39, 0.29) is 0 Å². The van der Waals surface area contributed by atoms with Crippen LogP contribution >= 0.6 is 27.7 Å². The lowest BCUT2D eigenvalue weighted by Gasteiger charge is -2.27. The van der Waals surface area contributed by atoms with Crippen molar-refractivity contribution in [2.24, 2.45) is 0 Å². The minimum absolute atomic E-state index is 0.422. The van der Waals surface area contributed by atoms with Gasteiger partial charge in [-0.2, -0.15) is 0 Å². The predicted octanol–water partition coefficient (Wildman–Crippen LogP) is 5.41. The quantitative estimate of drug-likeness (QED) is 0.788. The number of anilines is 1. The molecular formula is C16H16BrNS. The van der Waals surface area contributed by atoms with Crippen LogP contribution in [0.15, 0.2) is 51.8 Å². The average molecular weight is 334 g/mol. The van der Waals surface area contributed by atoms with E-state index in [4.69, 9.17) is 0 Å². The summed E-state index contributed by atoms with van der Waals surface area (Å²) in [7, 11) is 0. The van der Waals surface area contributed by atoms with Gasteiger partial charge in [0.15, 0.2) is 0 Å². The third-order valence-electron chi connectivity index (χ3n) is 3.34. The van der Waals surface area contributed by atoms with Crippen molar-refractivity contribution in [2.75, 3.05) is 11.1 Å². The Hall–Kier alpha value is -0.930. The lowest BCUT2D eigenvalue weighted by molar-refractivity contribution is 0.728. The monoisotopic (exact) mass is 333 g/mol. The molecule has 0 saturated heterocycles. The van der Waals surface area contributed by atoms with Crippen LogP contribution < -0.4 is 5.32 Å². The molecule has 1 unspecified atom stereocenters. The van der Waals surface area contributed by atoms with Crippen LogP contribution in [0, 0.1) is 6.92 Å². The molecule has 0 saturated carbocycles. The predicted molar refractivity (Wildman–Crippen MR) is 87.0 cm³/mol. The summed E-state index contributed by atoms with van der Waals surface area (Å²) < 4.78 is 1.13. The maximum Gasteiger partial charge on any atom is 0.0532 e. The molecule has 0 aliphatic carbocycles. The molecule has 0 amide bonds. The van der Waals surface area contributed by atoms with Crippen molar-refractivity contribution < 1.29 is 0 Å². The Morgan fingerprint density at radius 1 is 1.21 bits per heavy atom. The maximum atomic E-state index is 3.68. The summed E-state index contributed by atoms with van der Waals surface area (Å²) in [6.45, 7) is 2.13. The first kappa shape index (κ1) is 13.1. The van der Waals surface area contributed by atoms with Crippen molar-refractivity contribution in [3.63, 3.8) is 0 Å². The van der Waals surface area contributed by atoms with Gasteiger partial charge in [-0.3, -0.25) is 0 Å². The van der Waals surface area contributed by atoms with E-state index in [0.717, 1.165) is 4.47 Å².